The van der Waals surface area contributed by atoms with Gasteiger partial charge < -0.3 is 5.32 Å². The van der Waals surface area contributed by atoms with E-state index in [1.165, 1.54) is 32.3 Å². The first kappa shape index (κ1) is 11.2. The molecule has 0 amide bonds. The summed E-state index contributed by atoms with van der Waals surface area (Å²) in [5.74, 6) is 0. The molecule has 2 heterocycles. The molecule has 2 aromatic carbocycles. The van der Waals surface area contributed by atoms with Crippen LogP contribution in [0.3, 0.4) is 0 Å². The van der Waals surface area contributed by atoms with E-state index in [0.717, 1.165) is 19.5 Å². The molecule has 1 nitrogen and oxygen atoms in total. The minimum absolute atomic E-state index is 1.01. The average molecular weight is 265 g/mol. The molecule has 2 heteroatoms. The molecular formula is C17H15NS. The van der Waals surface area contributed by atoms with Gasteiger partial charge in [0.15, 0.2) is 0 Å². The fourth-order valence-electron chi connectivity index (χ4n) is 2.80. The van der Waals surface area contributed by atoms with E-state index in [1.807, 2.05) is 0 Å². The van der Waals surface area contributed by atoms with E-state index in [9.17, 15) is 0 Å². The van der Waals surface area contributed by atoms with Crippen LogP contribution in [0.5, 0.6) is 0 Å². The second kappa shape index (κ2) is 4.48. The predicted molar refractivity (Wildman–Crippen MR) is 82.7 cm³/mol. The molecule has 1 aromatic heterocycles. The zero-order valence-corrected chi connectivity index (χ0v) is 11.5. The average Bonchev–Trinajstić information content (AvgIpc) is 2.94. The Hall–Kier alpha value is -1.64. The summed E-state index contributed by atoms with van der Waals surface area (Å²) in [5.41, 5.74) is 5.62. The third-order valence-corrected chi connectivity index (χ3v) is 4.78. The van der Waals surface area contributed by atoms with Crippen molar-refractivity contribution in [3.8, 4) is 11.1 Å². The Labute approximate surface area is 116 Å². The highest BCUT2D eigenvalue weighted by molar-refractivity contribution is 7.17. The normalized spacial score (nSPS) is 14.5. The molecule has 0 bridgehead atoms. The first-order valence-corrected chi connectivity index (χ1v) is 7.58. The summed E-state index contributed by atoms with van der Waals surface area (Å²) < 4.78 is 1.37. The van der Waals surface area contributed by atoms with Crippen LogP contribution in [0.25, 0.3) is 21.2 Å². The molecule has 4 rings (SSSR count). The van der Waals surface area contributed by atoms with Crippen molar-refractivity contribution < 1.29 is 0 Å². The Balaban J connectivity index is 1.82. The maximum Gasteiger partial charge on any atom is 0.0343 e. The lowest BCUT2D eigenvalue weighted by molar-refractivity contribution is 0.644. The fourth-order valence-corrected chi connectivity index (χ4v) is 3.57. The summed E-state index contributed by atoms with van der Waals surface area (Å²) in [6.45, 7) is 2.11. The lowest BCUT2D eigenvalue weighted by Gasteiger charge is -2.18. The Bertz CT molecular complexity index is 742. The van der Waals surface area contributed by atoms with E-state index in [0.29, 0.717) is 0 Å². The number of hydrogen-bond donors (Lipinski definition) is 1. The Morgan fingerprint density at radius 1 is 0.895 bits per heavy atom. The number of rotatable bonds is 1. The molecule has 0 saturated carbocycles. The molecule has 0 unspecified atom stereocenters. The highest BCUT2D eigenvalue weighted by Crippen LogP contribution is 2.29. The molecule has 1 N–H and O–H groups in total. The zero-order chi connectivity index (χ0) is 12.7. The van der Waals surface area contributed by atoms with E-state index in [4.69, 9.17) is 0 Å². The van der Waals surface area contributed by atoms with Crippen molar-refractivity contribution in [2.75, 3.05) is 6.54 Å². The molecule has 0 spiro atoms. The second-order valence-electron chi connectivity index (χ2n) is 5.08. The zero-order valence-electron chi connectivity index (χ0n) is 10.6. The highest BCUT2D eigenvalue weighted by atomic mass is 32.1. The topological polar surface area (TPSA) is 12.0 Å². The molecular weight excluding hydrogens is 250 g/mol. The SMILES string of the molecule is c1cc2cc(-c3ccc4c(c3)CCNC4)ccc2s1. The van der Waals surface area contributed by atoms with E-state index >= 15 is 0 Å². The van der Waals surface area contributed by atoms with Crippen molar-refractivity contribution in [2.45, 2.75) is 13.0 Å². The van der Waals surface area contributed by atoms with Gasteiger partial charge in [-0.25, -0.2) is 0 Å². The first-order valence-electron chi connectivity index (χ1n) is 6.70. The maximum absolute atomic E-state index is 3.42. The lowest BCUT2D eigenvalue weighted by Crippen LogP contribution is -2.23. The van der Waals surface area contributed by atoms with Gasteiger partial charge >= 0.3 is 0 Å². The summed E-state index contributed by atoms with van der Waals surface area (Å²) in [6, 6.07) is 15.9. The summed E-state index contributed by atoms with van der Waals surface area (Å²) in [6.07, 6.45) is 1.14. The monoisotopic (exact) mass is 265 g/mol. The summed E-state index contributed by atoms with van der Waals surface area (Å²) in [4.78, 5) is 0. The van der Waals surface area contributed by atoms with Gasteiger partial charge in [-0.1, -0.05) is 24.3 Å². The van der Waals surface area contributed by atoms with Crippen molar-refractivity contribution in [3.63, 3.8) is 0 Å². The van der Waals surface area contributed by atoms with Crippen molar-refractivity contribution in [3.05, 3.63) is 59.0 Å². The highest BCUT2D eigenvalue weighted by Gasteiger charge is 2.09. The first-order chi connectivity index (χ1) is 9.40. The fraction of sp³-hybridized carbons (Fsp3) is 0.176. The van der Waals surface area contributed by atoms with Crippen LogP contribution < -0.4 is 5.32 Å². The third-order valence-electron chi connectivity index (χ3n) is 3.88. The summed E-state index contributed by atoms with van der Waals surface area (Å²) in [5, 5.41) is 6.93. The molecule has 3 aromatic rings. The van der Waals surface area contributed by atoms with Crippen LogP contribution in [-0.2, 0) is 13.0 Å². The van der Waals surface area contributed by atoms with Crippen LogP contribution in [-0.4, -0.2) is 6.54 Å². The van der Waals surface area contributed by atoms with Crippen molar-refractivity contribution >= 4 is 21.4 Å². The van der Waals surface area contributed by atoms with Gasteiger partial charge in [0.05, 0.1) is 0 Å². The van der Waals surface area contributed by atoms with Gasteiger partial charge in [0, 0.05) is 11.2 Å². The standard InChI is InChI=1S/C17H15NS/c1-2-16-11-18-7-5-14(16)9-12(1)13-3-4-17-15(10-13)6-8-19-17/h1-4,6,8-10,18H,5,7,11H2. The smallest absolute Gasteiger partial charge is 0.0343 e. The van der Waals surface area contributed by atoms with Crippen molar-refractivity contribution in [1.82, 2.24) is 5.32 Å². The van der Waals surface area contributed by atoms with Gasteiger partial charge in [-0.3, -0.25) is 0 Å². The molecule has 1 aliphatic heterocycles. The van der Waals surface area contributed by atoms with E-state index in [-0.39, 0.29) is 0 Å². The van der Waals surface area contributed by atoms with Crippen LogP contribution in [0, 0.1) is 0 Å². The molecule has 0 fully saturated rings. The van der Waals surface area contributed by atoms with E-state index in [1.54, 1.807) is 11.3 Å². The van der Waals surface area contributed by atoms with Crippen molar-refractivity contribution in [2.24, 2.45) is 0 Å². The van der Waals surface area contributed by atoms with Gasteiger partial charge in [-0.15, -0.1) is 11.3 Å². The molecule has 94 valence electrons. The van der Waals surface area contributed by atoms with Gasteiger partial charge in [0.2, 0.25) is 0 Å². The number of thiophene rings is 1. The van der Waals surface area contributed by atoms with Crippen LogP contribution >= 0.6 is 11.3 Å². The van der Waals surface area contributed by atoms with E-state index < -0.39 is 0 Å². The minimum atomic E-state index is 1.01. The second-order valence-corrected chi connectivity index (χ2v) is 6.03. The molecule has 0 aliphatic carbocycles. The van der Waals surface area contributed by atoms with Crippen LogP contribution in [0.15, 0.2) is 47.8 Å². The minimum Gasteiger partial charge on any atom is -0.312 e. The molecule has 0 atom stereocenters. The maximum atomic E-state index is 3.42. The lowest BCUT2D eigenvalue weighted by atomic mass is 9.95. The summed E-state index contributed by atoms with van der Waals surface area (Å²) in [7, 11) is 0. The largest absolute Gasteiger partial charge is 0.312 e. The molecule has 19 heavy (non-hydrogen) atoms. The predicted octanol–water partition coefficient (Wildman–Crippen LogP) is 4.21. The number of benzene rings is 2. The number of hydrogen-bond acceptors (Lipinski definition) is 2. The number of fused-ring (bicyclic) bond motifs is 2. The van der Waals surface area contributed by atoms with Crippen LogP contribution in [0.2, 0.25) is 0 Å². The summed E-state index contributed by atoms with van der Waals surface area (Å²) >= 11 is 1.81. The molecule has 1 aliphatic rings. The Morgan fingerprint density at radius 2 is 1.79 bits per heavy atom. The third kappa shape index (κ3) is 1.97. The molecule has 0 radical (unpaired) electrons. The van der Waals surface area contributed by atoms with Gasteiger partial charge in [-0.05, 0) is 64.2 Å². The van der Waals surface area contributed by atoms with Crippen molar-refractivity contribution in [1.29, 1.82) is 0 Å². The van der Waals surface area contributed by atoms with E-state index in [2.05, 4.69) is 53.2 Å². The quantitative estimate of drug-likeness (QED) is 0.695. The Morgan fingerprint density at radius 3 is 2.79 bits per heavy atom. The van der Waals surface area contributed by atoms with Gasteiger partial charge in [0.1, 0.15) is 0 Å². The Kier molecular flexibility index (Phi) is 2.64. The molecule has 0 saturated heterocycles. The van der Waals surface area contributed by atoms with Crippen LogP contribution in [0.4, 0.5) is 0 Å². The number of nitrogens with one attached hydrogen (secondary N) is 1. The van der Waals surface area contributed by atoms with Gasteiger partial charge in [0.25, 0.3) is 0 Å². The van der Waals surface area contributed by atoms with Gasteiger partial charge in [-0.2, -0.15) is 0 Å². The van der Waals surface area contributed by atoms with Crippen LogP contribution in [0.1, 0.15) is 11.1 Å².